The van der Waals surface area contributed by atoms with Crippen LogP contribution in [-0.2, 0) is 20.8 Å². The zero-order valence-electron chi connectivity index (χ0n) is 20.3. The zero-order valence-corrected chi connectivity index (χ0v) is 22.5. The van der Waals surface area contributed by atoms with Gasteiger partial charge in [0.1, 0.15) is 29.8 Å². The third kappa shape index (κ3) is 5.42. The van der Waals surface area contributed by atoms with E-state index in [4.69, 9.17) is 18.9 Å². The predicted molar refractivity (Wildman–Crippen MR) is 140 cm³/mol. The average molecular weight is 577 g/mol. The molecule has 6 nitrogen and oxygen atoms in total. The van der Waals surface area contributed by atoms with Crippen LogP contribution in [0.1, 0.15) is 45.7 Å². The summed E-state index contributed by atoms with van der Waals surface area (Å²) in [7, 11) is 0. The average Bonchev–Trinajstić information content (AvgIpc) is 3.09. The summed E-state index contributed by atoms with van der Waals surface area (Å²) in [6.07, 6.45) is 1.20. The number of benzene rings is 2. The molecule has 0 aliphatic carbocycles. The van der Waals surface area contributed by atoms with E-state index in [1.165, 1.54) is 0 Å². The molecule has 4 rings (SSSR count). The van der Waals surface area contributed by atoms with Crippen LogP contribution in [0.15, 0.2) is 54.6 Å². The standard InChI is InChI=1S/C27H32INO5/c1-26(2,3)34-25(30)29-22(17-33-27(29,4)5)24(32-16-18-10-6-8-12-21(18)28)20-14-15-31-23-13-9-7-11-19(20)23/h6-14,22,24H,15-17H2,1-5H3/t22-,24+/m0/s1. The minimum atomic E-state index is -0.832. The van der Waals surface area contributed by atoms with Gasteiger partial charge in [-0.1, -0.05) is 36.4 Å². The van der Waals surface area contributed by atoms with Gasteiger partial charge in [-0.2, -0.15) is 0 Å². The van der Waals surface area contributed by atoms with Gasteiger partial charge in [0.15, 0.2) is 0 Å². The first-order valence-corrected chi connectivity index (χ1v) is 12.6. The first-order valence-electron chi connectivity index (χ1n) is 11.5. The fraction of sp³-hybridized carbons (Fsp3) is 0.444. The molecule has 2 aromatic carbocycles. The van der Waals surface area contributed by atoms with Crippen molar-refractivity contribution < 1.29 is 23.7 Å². The molecule has 0 saturated carbocycles. The molecule has 1 fully saturated rings. The Hall–Kier alpha value is -2.10. The van der Waals surface area contributed by atoms with Gasteiger partial charge in [0.2, 0.25) is 0 Å². The van der Waals surface area contributed by atoms with Gasteiger partial charge in [-0.05, 0) is 86.6 Å². The molecule has 1 amide bonds. The molecule has 2 aliphatic heterocycles. The lowest BCUT2D eigenvalue weighted by Gasteiger charge is -2.39. The third-order valence-corrected chi connectivity index (χ3v) is 6.93. The number of halogens is 1. The van der Waals surface area contributed by atoms with Crippen LogP contribution in [0, 0.1) is 3.57 Å². The van der Waals surface area contributed by atoms with Crippen LogP contribution in [0.2, 0.25) is 0 Å². The lowest BCUT2D eigenvalue weighted by atomic mass is 9.92. The Bertz CT molecular complexity index is 1070. The van der Waals surface area contributed by atoms with Crippen molar-refractivity contribution in [3.8, 4) is 5.75 Å². The van der Waals surface area contributed by atoms with Crippen molar-refractivity contribution >= 4 is 34.3 Å². The number of nitrogens with zero attached hydrogens (tertiary/aromatic N) is 1. The molecule has 1 saturated heterocycles. The largest absolute Gasteiger partial charge is 0.489 e. The molecule has 0 bridgehead atoms. The van der Waals surface area contributed by atoms with Crippen LogP contribution < -0.4 is 4.74 Å². The van der Waals surface area contributed by atoms with Crippen LogP contribution in [0.3, 0.4) is 0 Å². The maximum atomic E-state index is 13.4. The Balaban J connectivity index is 1.72. The Morgan fingerprint density at radius 3 is 2.62 bits per heavy atom. The summed E-state index contributed by atoms with van der Waals surface area (Å²) >= 11 is 2.32. The summed E-state index contributed by atoms with van der Waals surface area (Å²) in [5.74, 6) is 0.810. The molecule has 2 atom stereocenters. The van der Waals surface area contributed by atoms with E-state index in [1.807, 2.05) is 77.1 Å². The first kappa shape index (κ1) is 25.0. The van der Waals surface area contributed by atoms with E-state index in [1.54, 1.807) is 4.90 Å². The molecule has 0 aromatic heterocycles. The molecule has 2 heterocycles. The molecular formula is C27H32INO5. The maximum absolute atomic E-state index is 13.4. The van der Waals surface area contributed by atoms with Crippen molar-refractivity contribution in [1.82, 2.24) is 4.90 Å². The molecule has 34 heavy (non-hydrogen) atoms. The highest BCUT2D eigenvalue weighted by atomic mass is 127. The second-order valence-corrected chi connectivity index (χ2v) is 11.1. The van der Waals surface area contributed by atoms with E-state index in [9.17, 15) is 4.79 Å². The quantitative estimate of drug-likeness (QED) is 0.407. The smallest absolute Gasteiger partial charge is 0.413 e. The van der Waals surface area contributed by atoms with Crippen LogP contribution in [0.25, 0.3) is 5.57 Å². The van der Waals surface area contributed by atoms with Gasteiger partial charge >= 0.3 is 6.09 Å². The van der Waals surface area contributed by atoms with Gasteiger partial charge in [0.05, 0.1) is 19.3 Å². The monoisotopic (exact) mass is 577 g/mol. The number of hydrogen-bond donors (Lipinski definition) is 0. The topological polar surface area (TPSA) is 57.2 Å². The third-order valence-electron chi connectivity index (χ3n) is 5.88. The van der Waals surface area contributed by atoms with Gasteiger partial charge in [0.25, 0.3) is 0 Å². The second-order valence-electron chi connectivity index (χ2n) is 9.97. The van der Waals surface area contributed by atoms with E-state index < -0.39 is 23.5 Å². The van der Waals surface area contributed by atoms with Crippen molar-refractivity contribution in [3.63, 3.8) is 0 Å². The van der Waals surface area contributed by atoms with E-state index >= 15 is 0 Å². The highest BCUT2D eigenvalue weighted by molar-refractivity contribution is 14.1. The minimum Gasteiger partial charge on any atom is -0.489 e. The lowest BCUT2D eigenvalue weighted by molar-refractivity contribution is -0.0692. The second kappa shape index (κ2) is 9.87. The highest BCUT2D eigenvalue weighted by Gasteiger charge is 2.50. The fourth-order valence-corrected chi connectivity index (χ4v) is 4.90. The highest BCUT2D eigenvalue weighted by Crippen LogP contribution is 2.40. The molecule has 0 radical (unpaired) electrons. The van der Waals surface area contributed by atoms with E-state index in [0.717, 1.165) is 26.0 Å². The molecular weight excluding hydrogens is 545 g/mol. The normalized spacial score (nSPS) is 20.2. The molecule has 2 aliphatic rings. The van der Waals surface area contributed by atoms with Crippen LogP contribution in [0.5, 0.6) is 5.75 Å². The van der Waals surface area contributed by atoms with Gasteiger partial charge in [-0.15, -0.1) is 0 Å². The molecule has 2 aromatic rings. The molecule has 0 N–H and O–H groups in total. The SMILES string of the molecule is CC(C)(C)OC(=O)N1[C@H]([C@H](OCc2ccccc2I)C2=CCOc3ccccc32)COC1(C)C. The number of carbonyl (C=O) groups is 1. The Kier molecular flexibility index (Phi) is 7.26. The summed E-state index contributed by atoms with van der Waals surface area (Å²) in [5, 5.41) is 0. The summed E-state index contributed by atoms with van der Waals surface area (Å²) in [6, 6.07) is 15.7. The number of hydrogen-bond acceptors (Lipinski definition) is 5. The maximum Gasteiger partial charge on any atom is 0.413 e. The summed E-state index contributed by atoms with van der Waals surface area (Å²) in [4.78, 5) is 15.1. The molecule has 7 heteroatoms. The number of amides is 1. The lowest BCUT2D eigenvalue weighted by Crippen LogP contribution is -2.54. The van der Waals surface area contributed by atoms with Gasteiger partial charge in [0, 0.05) is 9.13 Å². The fourth-order valence-electron chi connectivity index (χ4n) is 4.36. The van der Waals surface area contributed by atoms with Crippen LogP contribution in [0.4, 0.5) is 4.79 Å². The number of rotatable bonds is 5. The minimum absolute atomic E-state index is 0.336. The van der Waals surface area contributed by atoms with Crippen molar-refractivity contribution in [1.29, 1.82) is 0 Å². The van der Waals surface area contributed by atoms with Gasteiger partial charge in [-0.25, -0.2) is 4.79 Å². The number of fused-ring (bicyclic) bond motifs is 1. The first-order chi connectivity index (χ1) is 16.1. The summed E-state index contributed by atoms with van der Waals surface area (Å²) in [5.41, 5.74) is 1.60. The van der Waals surface area contributed by atoms with Crippen molar-refractivity contribution in [2.75, 3.05) is 13.2 Å². The van der Waals surface area contributed by atoms with Crippen LogP contribution in [-0.4, -0.2) is 47.7 Å². The predicted octanol–water partition coefficient (Wildman–Crippen LogP) is 6.02. The van der Waals surface area contributed by atoms with Crippen molar-refractivity contribution in [2.24, 2.45) is 0 Å². The van der Waals surface area contributed by atoms with E-state index in [0.29, 0.717) is 19.8 Å². The summed E-state index contributed by atoms with van der Waals surface area (Å²) in [6.45, 7) is 10.6. The Morgan fingerprint density at radius 1 is 1.18 bits per heavy atom. The van der Waals surface area contributed by atoms with Crippen molar-refractivity contribution in [3.05, 3.63) is 69.3 Å². The van der Waals surface area contributed by atoms with Gasteiger partial charge in [-0.3, -0.25) is 4.90 Å². The van der Waals surface area contributed by atoms with Crippen molar-refractivity contribution in [2.45, 2.75) is 64.7 Å². The van der Waals surface area contributed by atoms with E-state index in [2.05, 4.69) is 34.7 Å². The van der Waals surface area contributed by atoms with Crippen LogP contribution >= 0.6 is 22.6 Å². The Labute approximate surface area is 215 Å². The number of ether oxygens (including phenoxy) is 4. The van der Waals surface area contributed by atoms with E-state index in [-0.39, 0.29) is 6.04 Å². The molecule has 182 valence electrons. The zero-order chi connectivity index (χ0) is 24.5. The number of carbonyl (C=O) groups excluding carboxylic acids is 1. The van der Waals surface area contributed by atoms with Gasteiger partial charge < -0.3 is 18.9 Å². The summed E-state index contributed by atoms with van der Waals surface area (Å²) < 4.78 is 25.5. The molecule has 0 spiro atoms. The Morgan fingerprint density at radius 2 is 1.88 bits per heavy atom. The molecule has 0 unspecified atom stereocenters. The number of para-hydroxylation sites is 1.